The van der Waals surface area contributed by atoms with Gasteiger partial charge in [0.05, 0.1) is 0 Å². The summed E-state index contributed by atoms with van der Waals surface area (Å²) in [6.07, 6.45) is 4.59. The molecule has 0 aliphatic carbocycles. The predicted molar refractivity (Wildman–Crippen MR) is 49.7 cm³/mol. The summed E-state index contributed by atoms with van der Waals surface area (Å²) in [4.78, 5) is 7.78. The maximum Gasteiger partial charge on any atom is 0.179 e. The van der Waals surface area contributed by atoms with Crippen LogP contribution >= 0.6 is 0 Å². The van der Waals surface area contributed by atoms with Gasteiger partial charge in [-0.2, -0.15) is 0 Å². The van der Waals surface area contributed by atoms with E-state index >= 15 is 0 Å². The minimum Gasteiger partial charge on any atom is -0.362 e. The molecule has 0 fully saturated rings. The van der Waals surface area contributed by atoms with Crippen LogP contribution in [0.5, 0.6) is 0 Å². The molecule has 0 unspecified atom stereocenters. The van der Waals surface area contributed by atoms with Crippen molar-refractivity contribution < 1.29 is 4.52 Å². The fourth-order valence-electron chi connectivity index (χ4n) is 0.991. The maximum absolute atomic E-state index is 5.48. The molecule has 0 aromatic carbocycles. The molecule has 0 saturated carbocycles. The second-order valence-corrected chi connectivity index (χ2v) is 2.61. The fraction of sp³-hybridized carbons (Fsp3) is 0.125. The van der Waals surface area contributed by atoms with E-state index in [1.54, 1.807) is 12.3 Å². The lowest BCUT2D eigenvalue weighted by atomic mass is 10.3. The molecule has 72 valence electrons. The third-order valence-electron chi connectivity index (χ3n) is 1.69. The molecule has 2 heterocycles. The van der Waals surface area contributed by atoms with Crippen molar-refractivity contribution in [1.82, 2.24) is 15.1 Å². The Balaban J connectivity index is 2.19. The van der Waals surface area contributed by atoms with E-state index in [2.05, 4.69) is 20.4 Å². The normalized spacial score (nSPS) is 10.1. The summed E-state index contributed by atoms with van der Waals surface area (Å²) >= 11 is 0. The molecule has 0 aliphatic rings. The zero-order chi connectivity index (χ0) is 9.80. The predicted octanol–water partition coefficient (Wildman–Crippen LogP) is 0.667. The van der Waals surface area contributed by atoms with Crippen LogP contribution in [0, 0.1) is 0 Å². The van der Waals surface area contributed by atoms with Crippen LogP contribution in [-0.4, -0.2) is 15.1 Å². The first-order valence-corrected chi connectivity index (χ1v) is 4.06. The Morgan fingerprint density at radius 2 is 2.43 bits per heavy atom. The number of nitrogens with one attached hydrogen (secondary N) is 1. The monoisotopic (exact) mass is 191 g/mol. The highest BCUT2D eigenvalue weighted by molar-refractivity contribution is 5.53. The highest BCUT2D eigenvalue weighted by atomic mass is 16.5. The van der Waals surface area contributed by atoms with Crippen molar-refractivity contribution in [2.45, 2.75) is 6.54 Å². The van der Waals surface area contributed by atoms with Crippen LogP contribution in [0.25, 0.3) is 0 Å². The van der Waals surface area contributed by atoms with Gasteiger partial charge in [-0.05, 0) is 6.07 Å². The van der Waals surface area contributed by atoms with E-state index in [9.17, 15) is 0 Å². The third-order valence-corrected chi connectivity index (χ3v) is 1.69. The summed E-state index contributed by atoms with van der Waals surface area (Å²) in [6, 6.07) is 1.73. The number of hydrogen-bond acceptors (Lipinski definition) is 6. The second kappa shape index (κ2) is 3.84. The first-order valence-electron chi connectivity index (χ1n) is 4.06. The van der Waals surface area contributed by atoms with Crippen LogP contribution in [0.15, 0.2) is 29.4 Å². The number of rotatable bonds is 3. The largest absolute Gasteiger partial charge is 0.362 e. The fourth-order valence-corrected chi connectivity index (χ4v) is 0.991. The second-order valence-electron chi connectivity index (χ2n) is 2.61. The molecule has 2 aromatic heterocycles. The van der Waals surface area contributed by atoms with E-state index in [4.69, 9.17) is 10.3 Å². The summed E-state index contributed by atoms with van der Waals surface area (Å²) in [5, 5.41) is 6.72. The van der Waals surface area contributed by atoms with Crippen molar-refractivity contribution in [1.29, 1.82) is 0 Å². The van der Waals surface area contributed by atoms with Crippen LogP contribution in [0.4, 0.5) is 11.6 Å². The molecule has 2 rings (SSSR count). The van der Waals surface area contributed by atoms with Gasteiger partial charge in [-0.3, -0.25) is 0 Å². The Morgan fingerprint density at radius 1 is 1.50 bits per heavy atom. The van der Waals surface area contributed by atoms with Gasteiger partial charge in [0, 0.05) is 18.3 Å². The molecule has 6 heteroatoms. The molecule has 2 aromatic rings. The molecule has 0 bridgehead atoms. The first-order chi connectivity index (χ1) is 6.90. The van der Waals surface area contributed by atoms with Crippen LogP contribution < -0.4 is 11.1 Å². The summed E-state index contributed by atoms with van der Waals surface area (Å²) in [7, 11) is 0. The molecular formula is C8H9N5O. The van der Waals surface area contributed by atoms with Gasteiger partial charge in [0.15, 0.2) is 5.82 Å². The first kappa shape index (κ1) is 8.64. The molecule has 0 spiro atoms. The van der Waals surface area contributed by atoms with Crippen molar-refractivity contribution in [3.8, 4) is 0 Å². The van der Waals surface area contributed by atoms with Gasteiger partial charge in [-0.25, -0.2) is 9.97 Å². The standard InChI is InChI=1S/C8H9N5O/c9-3-6-4-14-13-8(6)12-7-1-2-10-5-11-7/h1-2,4-5H,3,9H2,(H,10,11,12,13). The van der Waals surface area contributed by atoms with Gasteiger partial charge in [-0.1, -0.05) is 5.16 Å². The Labute approximate surface area is 80.1 Å². The van der Waals surface area contributed by atoms with E-state index < -0.39 is 0 Å². The number of anilines is 2. The van der Waals surface area contributed by atoms with E-state index in [-0.39, 0.29) is 0 Å². The lowest BCUT2D eigenvalue weighted by molar-refractivity contribution is 0.422. The van der Waals surface area contributed by atoms with E-state index in [1.165, 1.54) is 12.6 Å². The van der Waals surface area contributed by atoms with Crippen molar-refractivity contribution in [2.24, 2.45) is 5.73 Å². The Hall–Kier alpha value is -1.95. The summed E-state index contributed by atoms with van der Waals surface area (Å²) < 4.78 is 4.77. The molecule has 6 nitrogen and oxygen atoms in total. The zero-order valence-electron chi connectivity index (χ0n) is 7.34. The Morgan fingerprint density at radius 3 is 3.14 bits per heavy atom. The molecule has 3 N–H and O–H groups in total. The average Bonchev–Trinajstić information content (AvgIpc) is 2.67. The molecular weight excluding hydrogens is 182 g/mol. The zero-order valence-corrected chi connectivity index (χ0v) is 7.34. The lowest BCUT2D eigenvalue weighted by Crippen LogP contribution is -2.01. The van der Waals surface area contributed by atoms with Gasteiger partial charge < -0.3 is 15.6 Å². The topological polar surface area (TPSA) is 89.9 Å². The highest BCUT2D eigenvalue weighted by Crippen LogP contribution is 2.15. The summed E-state index contributed by atoms with van der Waals surface area (Å²) in [5.74, 6) is 1.25. The van der Waals surface area contributed by atoms with Gasteiger partial charge in [-0.15, -0.1) is 0 Å². The number of aromatic nitrogens is 3. The molecule has 0 atom stereocenters. The van der Waals surface area contributed by atoms with E-state index in [1.807, 2.05) is 0 Å². The molecule has 0 radical (unpaired) electrons. The van der Waals surface area contributed by atoms with E-state index in [0.717, 1.165) is 5.56 Å². The number of nitrogens with zero attached hydrogens (tertiary/aromatic N) is 3. The van der Waals surface area contributed by atoms with E-state index in [0.29, 0.717) is 18.2 Å². The summed E-state index contributed by atoms with van der Waals surface area (Å²) in [6.45, 7) is 0.372. The van der Waals surface area contributed by atoms with Crippen LogP contribution in [0.2, 0.25) is 0 Å². The smallest absolute Gasteiger partial charge is 0.179 e. The van der Waals surface area contributed by atoms with Crippen molar-refractivity contribution in [3.05, 3.63) is 30.4 Å². The van der Waals surface area contributed by atoms with Gasteiger partial charge in [0.1, 0.15) is 18.4 Å². The van der Waals surface area contributed by atoms with Gasteiger partial charge in [0.25, 0.3) is 0 Å². The molecule has 0 amide bonds. The molecule has 0 aliphatic heterocycles. The Bertz CT molecular complexity index is 399. The summed E-state index contributed by atoms with van der Waals surface area (Å²) in [5.41, 5.74) is 6.28. The number of hydrogen-bond donors (Lipinski definition) is 2. The van der Waals surface area contributed by atoms with Gasteiger partial charge >= 0.3 is 0 Å². The third kappa shape index (κ3) is 1.69. The van der Waals surface area contributed by atoms with Gasteiger partial charge in [0.2, 0.25) is 0 Å². The van der Waals surface area contributed by atoms with Crippen molar-refractivity contribution >= 4 is 11.6 Å². The minimum absolute atomic E-state index is 0.372. The highest BCUT2D eigenvalue weighted by Gasteiger charge is 2.05. The SMILES string of the molecule is NCc1conc1Nc1ccncn1. The maximum atomic E-state index is 5.48. The lowest BCUT2D eigenvalue weighted by Gasteiger charge is -2.01. The van der Waals surface area contributed by atoms with Crippen LogP contribution in [0.1, 0.15) is 5.56 Å². The van der Waals surface area contributed by atoms with Crippen LogP contribution in [-0.2, 0) is 6.54 Å². The average molecular weight is 191 g/mol. The quantitative estimate of drug-likeness (QED) is 0.740. The molecule has 14 heavy (non-hydrogen) atoms. The van der Waals surface area contributed by atoms with Crippen molar-refractivity contribution in [3.63, 3.8) is 0 Å². The number of nitrogens with two attached hydrogens (primary N) is 1. The Kier molecular flexibility index (Phi) is 2.37. The van der Waals surface area contributed by atoms with Crippen molar-refractivity contribution in [2.75, 3.05) is 5.32 Å². The molecule has 0 saturated heterocycles. The minimum atomic E-state index is 0.372. The van der Waals surface area contributed by atoms with Crippen LogP contribution in [0.3, 0.4) is 0 Å².